The number of sulfonamides is 1. The topological polar surface area (TPSA) is 58.2 Å². The van der Waals surface area contributed by atoms with Crippen LogP contribution in [0.4, 0.5) is 0 Å². The van der Waals surface area contributed by atoms with Crippen molar-refractivity contribution in [2.24, 2.45) is 5.41 Å². The lowest BCUT2D eigenvalue weighted by atomic mass is 9.67. The van der Waals surface area contributed by atoms with E-state index in [-0.39, 0.29) is 5.41 Å². The Balaban J connectivity index is 2.08. The number of thiophene rings is 1. The van der Waals surface area contributed by atoms with Crippen molar-refractivity contribution in [3.05, 3.63) is 16.5 Å². The highest BCUT2D eigenvalue weighted by molar-refractivity contribution is 7.91. The van der Waals surface area contributed by atoms with Gasteiger partial charge in [0, 0.05) is 18.0 Å². The predicted octanol–water partition coefficient (Wildman–Crippen LogP) is 2.63. The van der Waals surface area contributed by atoms with Crippen LogP contribution >= 0.6 is 11.3 Å². The summed E-state index contributed by atoms with van der Waals surface area (Å²) in [5.74, 6) is 0. The van der Waals surface area contributed by atoms with Crippen molar-refractivity contribution in [3.63, 3.8) is 0 Å². The van der Waals surface area contributed by atoms with Gasteiger partial charge in [0.15, 0.2) is 0 Å². The summed E-state index contributed by atoms with van der Waals surface area (Å²) < 4.78 is 28.0. The van der Waals surface area contributed by atoms with Crippen LogP contribution in [0.2, 0.25) is 0 Å². The van der Waals surface area contributed by atoms with Crippen LogP contribution < -0.4 is 10.0 Å². The molecule has 0 aromatic carbocycles. The van der Waals surface area contributed by atoms with Crippen LogP contribution in [0, 0.1) is 12.3 Å². The molecule has 1 aromatic heterocycles. The van der Waals surface area contributed by atoms with Gasteiger partial charge in [-0.15, -0.1) is 11.3 Å². The minimum Gasteiger partial charge on any atom is -0.315 e. The monoisotopic (exact) mass is 316 g/mol. The third-order valence-corrected chi connectivity index (χ3v) is 7.51. The minimum absolute atomic E-state index is 0.202. The maximum atomic E-state index is 12.4. The molecule has 2 rings (SSSR count). The lowest BCUT2D eigenvalue weighted by Gasteiger charge is -2.41. The Labute approximate surface area is 126 Å². The van der Waals surface area contributed by atoms with Crippen LogP contribution in [0.1, 0.15) is 43.0 Å². The molecule has 2 N–H and O–H groups in total. The molecule has 0 bridgehead atoms. The van der Waals surface area contributed by atoms with Gasteiger partial charge < -0.3 is 5.32 Å². The molecule has 1 aliphatic carbocycles. The van der Waals surface area contributed by atoms with Crippen LogP contribution in [-0.2, 0) is 16.6 Å². The zero-order valence-electron chi connectivity index (χ0n) is 12.5. The number of aryl methyl sites for hydroxylation is 1. The lowest BCUT2D eigenvalue weighted by molar-refractivity contribution is 0.133. The van der Waals surface area contributed by atoms with E-state index in [4.69, 9.17) is 0 Å². The van der Waals surface area contributed by atoms with E-state index in [1.165, 1.54) is 17.8 Å². The molecule has 0 atom stereocenters. The first kappa shape index (κ1) is 15.9. The first-order chi connectivity index (χ1) is 9.42. The number of hydrogen-bond donors (Lipinski definition) is 2. The number of hydrogen-bond acceptors (Lipinski definition) is 4. The van der Waals surface area contributed by atoms with E-state index in [1.807, 2.05) is 14.0 Å². The zero-order valence-corrected chi connectivity index (χ0v) is 14.1. The van der Waals surface area contributed by atoms with Crippen LogP contribution in [0.25, 0.3) is 0 Å². The highest BCUT2D eigenvalue weighted by Gasteiger charge is 2.36. The Hall–Kier alpha value is -0.430. The zero-order chi connectivity index (χ0) is 14.8. The molecular weight excluding hydrogens is 292 g/mol. The van der Waals surface area contributed by atoms with Gasteiger partial charge in [0.1, 0.15) is 4.21 Å². The summed E-state index contributed by atoms with van der Waals surface area (Å²) in [6.07, 6.45) is 4.55. The minimum atomic E-state index is -3.36. The maximum absolute atomic E-state index is 12.4. The Bertz CT molecular complexity index is 554. The van der Waals surface area contributed by atoms with Gasteiger partial charge in [-0.05, 0) is 50.3 Å². The predicted molar refractivity (Wildman–Crippen MR) is 83.6 cm³/mol. The van der Waals surface area contributed by atoms with Crippen LogP contribution in [0.5, 0.6) is 0 Å². The fourth-order valence-electron chi connectivity index (χ4n) is 2.61. The second kappa shape index (κ2) is 6.13. The largest absolute Gasteiger partial charge is 0.315 e. The van der Waals surface area contributed by atoms with Crippen molar-refractivity contribution in [2.45, 2.75) is 50.3 Å². The van der Waals surface area contributed by atoms with Gasteiger partial charge in [0.2, 0.25) is 10.0 Å². The fraction of sp³-hybridized carbons (Fsp3) is 0.714. The molecule has 0 unspecified atom stereocenters. The molecule has 0 spiro atoms. The van der Waals surface area contributed by atoms with E-state index < -0.39 is 10.0 Å². The van der Waals surface area contributed by atoms with E-state index in [0.717, 1.165) is 29.7 Å². The van der Waals surface area contributed by atoms with Gasteiger partial charge >= 0.3 is 0 Å². The van der Waals surface area contributed by atoms with Gasteiger partial charge in [0.25, 0.3) is 0 Å². The van der Waals surface area contributed by atoms with Crippen LogP contribution in [0.3, 0.4) is 0 Å². The summed E-state index contributed by atoms with van der Waals surface area (Å²) in [7, 11) is -1.49. The molecule has 0 saturated heterocycles. The van der Waals surface area contributed by atoms with Gasteiger partial charge in [-0.25, -0.2) is 13.1 Å². The Kier molecular flexibility index (Phi) is 4.89. The molecular formula is C14H24N2O2S2. The average molecular weight is 316 g/mol. The first-order valence-electron chi connectivity index (χ1n) is 7.16. The molecule has 1 aliphatic rings. The van der Waals surface area contributed by atoms with Crippen molar-refractivity contribution < 1.29 is 8.42 Å². The van der Waals surface area contributed by atoms with Gasteiger partial charge in [-0.1, -0.05) is 13.3 Å². The molecule has 0 amide bonds. The SMILES string of the molecule is CCC1(CNS(=O)(=O)c2cc(C)c(CNC)s2)CCC1. The molecule has 6 heteroatoms. The van der Waals surface area contributed by atoms with Gasteiger partial charge in [-0.3, -0.25) is 0 Å². The molecule has 1 heterocycles. The van der Waals surface area contributed by atoms with Crippen molar-refractivity contribution in [2.75, 3.05) is 13.6 Å². The van der Waals surface area contributed by atoms with Gasteiger partial charge in [0.05, 0.1) is 0 Å². The summed E-state index contributed by atoms with van der Waals surface area (Å²) in [5, 5.41) is 3.07. The molecule has 4 nitrogen and oxygen atoms in total. The van der Waals surface area contributed by atoms with Crippen molar-refractivity contribution in [3.8, 4) is 0 Å². The second-order valence-corrected chi connectivity index (χ2v) is 8.86. The normalized spacial score (nSPS) is 17.9. The molecule has 114 valence electrons. The summed E-state index contributed by atoms with van der Waals surface area (Å²) in [4.78, 5) is 1.08. The quantitative estimate of drug-likeness (QED) is 0.813. The fourth-order valence-corrected chi connectivity index (χ4v) is 5.41. The lowest BCUT2D eigenvalue weighted by Crippen LogP contribution is -2.41. The number of rotatable bonds is 7. The molecule has 1 aromatic rings. The van der Waals surface area contributed by atoms with Crippen molar-refractivity contribution >= 4 is 21.4 Å². The summed E-state index contributed by atoms with van der Waals surface area (Å²) >= 11 is 1.36. The Morgan fingerprint density at radius 3 is 2.60 bits per heavy atom. The summed E-state index contributed by atoms with van der Waals surface area (Å²) in [6, 6.07) is 1.78. The summed E-state index contributed by atoms with van der Waals surface area (Å²) in [5.41, 5.74) is 1.24. The van der Waals surface area contributed by atoms with Crippen molar-refractivity contribution in [1.82, 2.24) is 10.0 Å². The highest BCUT2D eigenvalue weighted by atomic mass is 32.2. The first-order valence-corrected chi connectivity index (χ1v) is 9.46. The van der Waals surface area contributed by atoms with Gasteiger partial charge in [-0.2, -0.15) is 0 Å². The van der Waals surface area contributed by atoms with Crippen LogP contribution in [-0.4, -0.2) is 22.0 Å². The number of nitrogens with one attached hydrogen (secondary N) is 2. The van der Waals surface area contributed by atoms with E-state index in [1.54, 1.807) is 6.07 Å². The highest BCUT2D eigenvalue weighted by Crippen LogP contribution is 2.43. The second-order valence-electron chi connectivity index (χ2n) is 5.73. The van der Waals surface area contributed by atoms with E-state index in [0.29, 0.717) is 17.3 Å². The Morgan fingerprint density at radius 2 is 2.10 bits per heavy atom. The standard InChI is InChI=1S/C14H24N2O2S2/c1-4-14(6-5-7-14)10-16-20(17,18)13-8-11(2)12(19-13)9-15-3/h8,15-16H,4-7,9-10H2,1-3H3. The molecule has 20 heavy (non-hydrogen) atoms. The maximum Gasteiger partial charge on any atom is 0.250 e. The molecule has 1 saturated carbocycles. The van der Waals surface area contributed by atoms with E-state index in [9.17, 15) is 8.42 Å². The Morgan fingerprint density at radius 1 is 1.40 bits per heavy atom. The third kappa shape index (κ3) is 3.24. The van der Waals surface area contributed by atoms with E-state index in [2.05, 4.69) is 17.0 Å². The third-order valence-electron chi connectivity index (χ3n) is 4.40. The van der Waals surface area contributed by atoms with E-state index >= 15 is 0 Å². The smallest absolute Gasteiger partial charge is 0.250 e. The molecule has 1 fully saturated rings. The van der Waals surface area contributed by atoms with Crippen molar-refractivity contribution in [1.29, 1.82) is 0 Å². The molecule has 0 aliphatic heterocycles. The van der Waals surface area contributed by atoms with Crippen LogP contribution in [0.15, 0.2) is 10.3 Å². The molecule has 0 radical (unpaired) electrons. The summed E-state index contributed by atoms with van der Waals surface area (Å²) in [6.45, 7) is 5.39. The average Bonchev–Trinajstić information content (AvgIpc) is 2.72.